The Morgan fingerprint density at radius 2 is 2.18 bits per heavy atom. The van der Waals surface area contributed by atoms with Gasteiger partial charge in [0.2, 0.25) is 5.95 Å². The molecule has 0 aromatic carbocycles. The fourth-order valence-corrected chi connectivity index (χ4v) is 2.37. The molecular formula is C12H19BrN4. The molecule has 4 nitrogen and oxygen atoms in total. The SMILES string of the molecule is CCN(CC1CCCCN1)c1ncc(Br)cn1. The van der Waals surface area contributed by atoms with E-state index >= 15 is 0 Å². The summed E-state index contributed by atoms with van der Waals surface area (Å²) in [4.78, 5) is 10.9. The van der Waals surface area contributed by atoms with Gasteiger partial charge in [0, 0.05) is 31.5 Å². The van der Waals surface area contributed by atoms with Gasteiger partial charge in [-0.15, -0.1) is 0 Å². The van der Waals surface area contributed by atoms with Crippen LogP contribution in [0.5, 0.6) is 0 Å². The number of nitrogens with one attached hydrogen (secondary N) is 1. The zero-order valence-corrected chi connectivity index (χ0v) is 11.8. The van der Waals surface area contributed by atoms with Gasteiger partial charge in [0.15, 0.2) is 0 Å². The van der Waals surface area contributed by atoms with Gasteiger partial charge in [0.25, 0.3) is 0 Å². The molecular weight excluding hydrogens is 280 g/mol. The smallest absolute Gasteiger partial charge is 0.225 e. The monoisotopic (exact) mass is 298 g/mol. The van der Waals surface area contributed by atoms with Crippen LogP contribution in [0.15, 0.2) is 16.9 Å². The summed E-state index contributed by atoms with van der Waals surface area (Å²) in [5, 5.41) is 3.56. The first kappa shape index (κ1) is 12.8. The number of aromatic nitrogens is 2. The van der Waals surface area contributed by atoms with Gasteiger partial charge in [-0.25, -0.2) is 9.97 Å². The first-order valence-corrected chi connectivity index (χ1v) is 7.04. The minimum absolute atomic E-state index is 0.580. The summed E-state index contributed by atoms with van der Waals surface area (Å²) >= 11 is 3.36. The lowest BCUT2D eigenvalue weighted by Crippen LogP contribution is -2.44. The minimum atomic E-state index is 0.580. The highest BCUT2D eigenvalue weighted by Gasteiger charge is 2.17. The van der Waals surface area contributed by atoms with Crippen molar-refractivity contribution in [1.82, 2.24) is 15.3 Å². The molecule has 1 aliphatic heterocycles. The highest BCUT2D eigenvalue weighted by Crippen LogP contribution is 2.14. The average Bonchev–Trinajstić information content (AvgIpc) is 2.38. The summed E-state index contributed by atoms with van der Waals surface area (Å²) in [7, 11) is 0. The molecule has 1 saturated heterocycles. The van der Waals surface area contributed by atoms with E-state index in [1.807, 2.05) is 0 Å². The molecule has 17 heavy (non-hydrogen) atoms. The third kappa shape index (κ3) is 3.64. The molecule has 0 bridgehead atoms. The van der Waals surface area contributed by atoms with Crippen molar-refractivity contribution < 1.29 is 0 Å². The number of halogens is 1. The highest BCUT2D eigenvalue weighted by atomic mass is 79.9. The molecule has 94 valence electrons. The zero-order chi connectivity index (χ0) is 12.1. The van der Waals surface area contributed by atoms with E-state index in [-0.39, 0.29) is 0 Å². The van der Waals surface area contributed by atoms with Gasteiger partial charge in [-0.2, -0.15) is 0 Å². The van der Waals surface area contributed by atoms with Crippen LogP contribution in [0.25, 0.3) is 0 Å². The maximum absolute atomic E-state index is 4.36. The normalized spacial score (nSPS) is 20.2. The lowest BCUT2D eigenvalue weighted by Gasteiger charge is -2.29. The second-order valence-corrected chi connectivity index (χ2v) is 5.30. The van der Waals surface area contributed by atoms with Gasteiger partial charge in [-0.3, -0.25) is 0 Å². The Kier molecular flexibility index (Phi) is 4.74. The predicted octanol–water partition coefficient (Wildman–Crippen LogP) is 2.21. The molecule has 1 fully saturated rings. The van der Waals surface area contributed by atoms with Gasteiger partial charge in [0.1, 0.15) is 0 Å². The second-order valence-electron chi connectivity index (χ2n) is 4.39. The molecule has 0 aliphatic carbocycles. The summed E-state index contributed by atoms with van der Waals surface area (Å²) in [5.74, 6) is 0.822. The topological polar surface area (TPSA) is 41.0 Å². The molecule has 1 atom stereocenters. The Morgan fingerprint density at radius 3 is 2.76 bits per heavy atom. The van der Waals surface area contributed by atoms with E-state index in [1.165, 1.54) is 19.3 Å². The maximum atomic E-state index is 4.36. The van der Waals surface area contributed by atoms with Crippen molar-refractivity contribution in [2.24, 2.45) is 0 Å². The molecule has 5 heteroatoms. The molecule has 0 saturated carbocycles. The number of nitrogens with zero attached hydrogens (tertiary/aromatic N) is 3. The standard InChI is InChI=1S/C12H19BrN4/c1-2-17(9-11-5-3-4-6-14-11)12-15-7-10(13)8-16-12/h7-8,11,14H,2-6,9H2,1H3. The minimum Gasteiger partial charge on any atom is -0.340 e. The van der Waals surface area contributed by atoms with E-state index < -0.39 is 0 Å². The molecule has 0 amide bonds. The van der Waals surface area contributed by atoms with Crippen molar-refractivity contribution in [3.63, 3.8) is 0 Å². The van der Waals surface area contributed by atoms with E-state index in [0.29, 0.717) is 6.04 Å². The summed E-state index contributed by atoms with van der Waals surface area (Å²) in [6.07, 6.45) is 7.50. The maximum Gasteiger partial charge on any atom is 0.225 e. The van der Waals surface area contributed by atoms with E-state index in [1.54, 1.807) is 12.4 Å². The van der Waals surface area contributed by atoms with Gasteiger partial charge >= 0.3 is 0 Å². The zero-order valence-electron chi connectivity index (χ0n) is 10.2. The van der Waals surface area contributed by atoms with Crippen molar-refractivity contribution in [3.8, 4) is 0 Å². The predicted molar refractivity (Wildman–Crippen MR) is 73.3 cm³/mol. The summed E-state index contributed by atoms with van der Waals surface area (Å²) < 4.78 is 0.924. The molecule has 2 rings (SSSR count). The Labute approximate surface area is 111 Å². The van der Waals surface area contributed by atoms with Crippen LogP contribution in [0.3, 0.4) is 0 Å². The van der Waals surface area contributed by atoms with E-state index in [2.05, 4.69) is 43.0 Å². The van der Waals surface area contributed by atoms with Crippen LogP contribution in [0.2, 0.25) is 0 Å². The first-order valence-electron chi connectivity index (χ1n) is 6.25. The Bertz CT molecular complexity index is 335. The number of anilines is 1. The van der Waals surface area contributed by atoms with Crippen LogP contribution in [0.1, 0.15) is 26.2 Å². The van der Waals surface area contributed by atoms with Crippen LogP contribution >= 0.6 is 15.9 Å². The van der Waals surface area contributed by atoms with Crippen LogP contribution in [-0.4, -0.2) is 35.6 Å². The number of hydrogen-bond donors (Lipinski definition) is 1. The van der Waals surface area contributed by atoms with Crippen LogP contribution < -0.4 is 10.2 Å². The van der Waals surface area contributed by atoms with Crippen molar-refractivity contribution >= 4 is 21.9 Å². The third-order valence-electron chi connectivity index (χ3n) is 3.12. The Balaban J connectivity index is 1.97. The molecule has 1 aromatic rings. The molecule has 2 heterocycles. The highest BCUT2D eigenvalue weighted by molar-refractivity contribution is 9.10. The number of likely N-dealkylation sites (N-methyl/N-ethyl adjacent to an activating group) is 1. The second kappa shape index (κ2) is 6.31. The molecule has 1 N–H and O–H groups in total. The van der Waals surface area contributed by atoms with Gasteiger partial charge in [-0.1, -0.05) is 6.42 Å². The molecule has 0 spiro atoms. The summed E-state index contributed by atoms with van der Waals surface area (Å²) in [6, 6.07) is 0.580. The number of piperidine rings is 1. The Hall–Kier alpha value is -0.680. The van der Waals surface area contributed by atoms with Gasteiger partial charge in [-0.05, 0) is 42.2 Å². The van der Waals surface area contributed by atoms with Crippen molar-refractivity contribution in [2.45, 2.75) is 32.2 Å². The van der Waals surface area contributed by atoms with E-state index in [9.17, 15) is 0 Å². The summed E-state index contributed by atoms with van der Waals surface area (Å²) in [5.41, 5.74) is 0. The largest absolute Gasteiger partial charge is 0.340 e. The fraction of sp³-hybridized carbons (Fsp3) is 0.667. The van der Waals surface area contributed by atoms with Crippen LogP contribution in [0.4, 0.5) is 5.95 Å². The van der Waals surface area contributed by atoms with Crippen LogP contribution in [-0.2, 0) is 0 Å². The molecule has 1 aliphatic rings. The van der Waals surface area contributed by atoms with E-state index in [4.69, 9.17) is 0 Å². The molecule has 1 aromatic heterocycles. The van der Waals surface area contributed by atoms with Crippen molar-refractivity contribution in [3.05, 3.63) is 16.9 Å². The van der Waals surface area contributed by atoms with Crippen molar-refractivity contribution in [2.75, 3.05) is 24.5 Å². The van der Waals surface area contributed by atoms with E-state index in [0.717, 1.165) is 30.1 Å². The quantitative estimate of drug-likeness (QED) is 0.925. The number of rotatable bonds is 4. The fourth-order valence-electron chi connectivity index (χ4n) is 2.17. The Morgan fingerprint density at radius 1 is 1.41 bits per heavy atom. The number of hydrogen-bond acceptors (Lipinski definition) is 4. The first-order chi connectivity index (χ1) is 8.29. The molecule has 0 radical (unpaired) electrons. The van der Waals surface area contributed by atoms with Crippen LogP contribution in [0, 0.1) is 0 Å². The lowest BCUT2D eigenvalue weighted by molar-refractivity contribution is 0.399. The lowest BCUT2D eigenvalue weighted by atomic mass is 10.0. The average molecular weight is 299 g/mol. The summed E-state index contributed by atoms with van der Waals surface area (Å²) in [6.45, 7) is 5.23. The van der Waals surface area contributed by atoms with Gasteiger partial charge in [0.05, 0.1) is 4.47 Å². The van der Waals surface area contributed by atoms with Crippen molar-refractivity contribution in [1.29, 1.82) is 0 Å². The third-order valence-corrected chi connectivity index (χ3v) is 3.53. The molecule has 1 unspecified atom stereocenters. The van der Waals surface area contributed by atoms with Gasteiger partial charge < -0.3 is 10.2 Å².